The average Bonchev–Trinajstić information content (AvgIpc) is 2.52. The molecule has 8 heteroatoms. The molecule has 0 radical (unpaired) electrons. The summed E-state index contributed by atoms with van der Waals surface area (Å²) in [6, 6.07) is 1.54. The van der Waals surface area contributed by atoms with Gasteiger partial charge in [0.2, 0.25) is 0 Å². The lowest BCUT2D eigenvalue weighted by atomic mass is 10.2. The molecule has 0 saturated heterocycles. The van der Waals surface area contributed by atoms with Gasteiger partial charge in [0.15, 0.2) is 11.9 Å². The summed E-state index contributed by atoms with van der Waals surface area (Å²) in [5, 5.41) is 0. The highest BCUT2D eigenvalue weighted by atomic mass is 79.9. The molecule has 1 atom stereocenters. The first-order chi connectivity index (χ1) is 7.71. The van der Waals surface area contributed by atoms with Crippen LogP contribution in [0.3, 0.4) is 0 Å². The van der Waals surface area contributed by atoms with Gasteiger partial charge in [-0.1, -0.05) is 0 Å². The van der Waals surface area contributed by atoms with Gasteiger partial charge in [-0.05, 0) is 44.8 Å². The molecule has 0 aliphatic heterocycles. The summed E-state index contributed by atoms with van der Waals surface area (Å²) in [5.41, 5.74) is 0.316. The highest BCUT2D eigenvalue weighted by Gasteiger charge is 2.37. The number of thiophene rings is 1. The van der Waals surface area contributed by atoms with E-state index in [9.17, 15) is 18.0 Å². The van der Waals surface area contributed by atoms with Gasteiger partial charge in [-0.2, -0.15) is 13.2 Å². The minimum Gasteiger partial charge on any atom is -0.361 e. The van der Waals surface area contributed by atoms with Gasteiger partial charge < -0.3 is 4.74 Å². The van der Waals surface area contributed by atoms with Crippen molar-refractivity contribution in [3.8, 4) is 0 Å². The minimum atomic E-state index is -4.45. The Balaban J connectivity index is 2.60. The Kier molecular flexibility index (Phi) is 5.18. The Labute approximate surface area is 116 Å². The Morgan fingerprint density at radius 2 is 2.12 bits per heavy atom. The summed E-state index contributed by atoms with van der Waals surface area (Å²) in [6.45, 7) is 0.272. The maximum Gasteiger partial charge on any atom is 0.414 e. The Hall–Kier alpha value is 0.0800. The molecule has 0 fully saturated rings. The molecule has 0 spiro atoms. The summed E-state index contributed by atoms with van der Waals surface area (Å²) in [7, 11) is 0. The van der Waals surface area contributed by atoms with E-state index in [4.69, 9.17) is 0 Å². The van der Waals surface area contributed by atoms with Crippen LogP contribution in [0.1, 0.15) is 17.3 Å². The molecule has 1 aromatic rings. The first kappa shape index (κ1) is 15.1. The lowest BCUT2D eigenvalue weighted by Gasteiger charge is -2.15. The first-order valence-electron chi connectivity index (χ1n) is 4.38. The van der Waals surface area contributed by atoms with Crippen molar-refractivity contribution in [1.29, 1.82) is 0 Å². The summed E-state index contributed by atoms with van der Waals surface area (Å²) < 4.78 is 42.2. The molecule has 1 unspecified atom stereocenters. The van der Waals surface area contributed by atoms with E-state index >= 15 is 0 Å². The number of hydrogen-bond acceptors (Lipinski definition) is 3. The van der Waals surface area contributed by atoms with Gasteiger partial charge in [-0.25, -0.2) is 0 Å². The fraction of sp³-hybridized carbons (Fsp3) is 0.444. The highest BCUT2D eigenvalue weighted by molar-refractivity contribution is 9.12. The third kappa shape index (κ3) is 4.35. The van der Waals surface area contributed by atoms with Crippen LogP contribution in [0.15, 0.2) is 13.6 Å². The second-order valence-corrected chi connectivity index (χ2v) is 6.91. The summed E-state index contributed by atoms with van der Waals surface area (Å²) in [5.74, 6) is -0.491. The van der Waals surface area contributed by atoms with Crippen molar-refractivity contribution in [3.63, 3.8) is 0 Å². The second-order valence-electron chi connectivity index (χ2n) is 3.16. The van der Waals surface area contributed by atoms with E-state index in [1.165, 1.54) is 11.3 Å². The Morgan fingerprint density at radius 1 is 1.53 bits per heavy atom. The number of carbonyl (C=O) groups is 1. The van der Waals surface area contributed by atoms with Gasteiger partial charge in [0.25, 0.3) is 0 Å². The normalized spacial score (nSPS) is 13.8. The topological polar surface area (TPSA) is 26.3 Å². The van der Waals surface area contributed by atoms with Gasteiger partial charge in [-0.15, -0.1) is 11.3 Å². The van der Waals surface area contributed by atoms with Crippen molar-refractivity contribution >= 4 is 49.0 Å². The SMILES string of the molecule is CC(OCC(=O)c1cc(Br)sc1Br)C(F)(F)F. The van der Waals surface area contributed by atoms with Gasteiger partial charge >= 0.3 is 6.18 Å². The molecule has 0 aliphatic carbocycles. The van der Waals surface area contributed by atoms with Gasteiger partial charge in [0.1, 0.15) is 6.61 Å². The fourth-order valence-corrected chi connectivity index (χ4v) is 3.76. The molecule has 0 amide bonds. The maximum atomic E-state index is 12.1. The first-order valence-corrected chi connectivity index (χ1v) is 6.78. The molecule has 1 aromatic heterocycles. The molecule has 1 heterocycles. The van der Waals surface area contributed by atoms with Crippen molar-refractivity contribution < 1.29 is 22.7 Å². The number of hydrogen-bond donors (Lipinski definition) is 0. The molecule has 0 bridgehead atoms. The lowest BCUT2D eigenvalue weighted by Crippen LogP contribution is -2.30. The van der Waals surface area contributed by atoms with Crippen LogP contribution < -0.4 is 0 Å². The number of rotatable bonds is 4. The van der Waals surface area contributed by atoms with E-state index < -0.39 is 24.7 Å². The third-order valence-electron chi connectivity index (χ3n) is 1.88. The summed E-state index contributed by atoms with van der Waals surface area (Å²) in [6.07, 6.45) is -6.40. The standard InChI is InChI=1S/C9H7Br2F3O2S/c1-4(9(12,13)14)16-3-6(15)5-2-7(10)17-8(5)11/h2,4H,3H2,1H3. The quantitative estimate of drug-likeness (QED) is 0.705. The van der Waals surface area contributed by atoms with Gasteiger partial charge in [0, 0.05) is 5.56 Å². The molecule has 0 aliphatic rings. The number of alkyl halides is 3. The van der Waals surface area contributed by atoms with E-state index in [2.05, 4.69) is 36.6 Å². The van der Waals surface area contributed by atoms with Crippen LogP contribution in [0, 0.1) is 0 Å². The second kappa shape index (κ2) is 5.81. The molecule has 0 saturated carbocycles. The van der Waals surface area contributed by atoms with Crippen molar-refractivity contribution in [2.75, 3.05) is 6.61 Å². The monoisotopic (exact) mass is 394 g/mol. The molecule has 17 heavy (non-hydrogen) atoms. The van der Waals surface area contributed by atoms with Crippen LogP contribution in [0.5, 0.6) is 0 Å². The van der Waals surface area contributed by atoms with Crippen molar-refractivity contribution in [2.45, 2.75) is 19.2 Å². The van der Waals surface area contributed by atoms with Crippen LogP contribution in [0.25, 0.3) is 0 Å². The molecule has 96 valence electrons. The fourth-order valence-electron chi connectivity index (χ4n) is 0.903. The largest absolute Gasteiger partial charge is 0.414 e. The number of ketones is 1. The number of ether oxygens (including phenoxy) is 1. The predicted molar refractivity (Wildman–Crippen MR) is 65.5 cm³/mol. The number of Topliss-reactive ketones (excluding diaryl/α,β-unsaturated/α-hetero) is 1. The Morgan fingerprint density at radius 3 is 2.53 bits per heavy atom. The number of carbonyl (C=O) groups excluding carboxylic acids is 1. The van der Waals surface area contributed by atoms with E-state index in [-0.39, 0.29) is 0 Å². The van der Waals surface area contributed by atoms with Crippen LogP contribution in [0.2, 0.25) is 0 Å². The van der Waals surface area contributed by atoms with Gasteiger partial charge in [-0.3, -0.25) is 4.79 Å². The van der Waals surface area contributed by atoms with Crippen LogP contribution in [-0.2, 0) is 4.74 Å². The lowest BCUT2D eigenvalue weighted by molar-refractivity contribution is -0.210. The maximum absolute atomic E-state index is 12.1. The van der Waals surface area contributed by atoms with E-state index in [0.29, 0.717) is 9.35 Å². The minimum absolute atomic E-state index is 0.316. The van der Waals surface area contributed by atoms with Crippen molar-refractivity contribution in [2.24, 2.45) is 0 Å². The molecule has 1 rings (SSSR count). The zero-order chi connectivity index (χ0) is 13.2. The van der Waals surface area contributed by atoms with Crippen molar-refractivity contribution in [1.82, 2.24) is 0 Å². The third-order valence-corrected chi connectivity index (χ3v) is 4.22. The van der Waals surface area contributed by atoms with Gasteiger partial charge in [0.05, 0.1) is 7.57 Å². The smallest absolute Gasteiger partial charge is 0.361 e. The molecule has 0 N–H and O–H groups in total. The van der Waals surface area contributed by atoms with Crippen LogP contribution >= 0.6 is 43.2 Å². The van der Waals surface area contributed by atoms with E-state index in [0.717, 1.165) is 10.7 Å². The Bertz CT molecular complexity index is 417. The van der Waals surface area contributed by atoms with Crippen LogP contribution in [-0.4, -0.2) is 24.7 Å². The molecule has 0 aromatic carbocycles. The highest BCUT2D eigenvalue weighted by Crippen LogP contribution is 2.32. The average molecular weight is 396 g/mol. The molecular weight excluding hydrogens is 389 g/mol. The van der Waals surface area contributed by atoms with E-state index in [1.54, 1.807) is 6.07 Å². The van der Waals surface area contributed by atoms with Crippen molar-refractivity contribution in [3.05, 3.63) is 19.2 Å². The summed E-state index contributed by atoms with van der Waals surface area (Å²) in [4.78, 5) is 11.6. The molecule has 2 nitrogen and oxygen atoms in total. The zero-order valence-electron chi connectivity index (χ0n) is 8.48. The summed E-state index contributed by atoms with van der Waals surface area (Å²) >= 11 is 7.60. The number of halogens is 5. The molecular formula is C9H7Br2F3O2S. The predicted octanol–water partition coefficient (Wildman–Crippen LogP) is 4.42. The van der Waals surface area contributed by atoms with Crippen LogP contribution in [0.4, 0.5) is 13.2 Å². The van der Waals surface area contributed by atoms with E-state index in [1.807, 2.05) is 0 Å². The zero-order valence-corrected chi connectivity index (χ0v) is 12.5.